The molecule has 2 amide bonds. The third kappa shape index (κ3) is 10.7. The predicted molar refractivity (Wildman–Crippen MR) is 242 cm³/mol. The maximum absolute atomic E-state index is 12.9. The molecular weight excluding hydrogens is 799 g/mol. The Labute approximate surface area is 365 Å². The van der Waals surface area contributed by atoms with Gasteiger partial charge in [0.25, 0.3) is 0 Å². The van der Waals surface area contributed by atoms with Gasteiger partial charge in [-0.05, 0) is 73.0 Å². The average molecular weight is 848 g/mol. The van der Waals surface area contributed by atoms with Gasteiger partial charge in [0.2, 0.25) is 35.6 Å². The Morgan fingerprint density at radius 1 is 0.635 bits per heavy atom. The lowest BCUT2D eigenvalue weighted by Crippen LogP contribution is -2.48. The van der Waals surface area contributed by atoms with Crippen LogP contribution < -0.4 is 40.7 Å². The van der Waals surface area contributed by atoms with Crippen molar-refractivity contribution < 1.29 is 14.3 Å². The number of anilines is 9. The minimum atomic E-state index is -0.288. The van der Waals surface area contributed by atoms with Crippen molar-refractivity contribution in [2.75, 3.05) is 88.4 Å². The Balaban J connectivity index is 0.715. The molecule has 63 heavy (non-hydrogen) atoms. The van der Waals surface area contributed by atoms with Crippen molar-refractivity contribution >= 4 is 64.0 Å². The molecule has 0 aliphatic carbocycles. The zero-order valence-electron chi connectivity index (χ0n) is 34.8. The molecule has 0 atom stereocenters. The highest BCUT2D eigenvalue weighted by atomic mass is 16.5. The second-order valence-corrected chi connectivity index (χ2v) is 15.6. The van der Waals surface area contributed by atoms with Gasteiger partial charge in [-0.3, -0.25) is 19.5 Å². The van der Waals surface area contributed by atoms with Crippen LogP contribution >= 0.6 is 0 Å². The molecular formula is C45H49N15O3. The van der Waals surface area contributed by atoms with E-state index < -0.39 is 0 Å². The zero-order chi connectivity index (χ0) is 42.8. The minimum absolute atomic E-state index is 0.00161. The molecule has 6 aromatic rings. The Morgan fingerprint density at radius 3 is 1.86 bits per heavy atom. The Morgan fingerprint density at radius 2 is 1.24 bits per heavy atom. The fourth-order valence-electron chi connectivity index (χ4n) is 8.09. The Hall–Kier alpha value is -7.47. The van der Waals surface area contributed by atoms with Crippen LogP contribution in [0.2, 0.25) is 0 Å². The first-order valence-electron chi connectivity index (χ1n) is 21.3. The summed E-state index contributed by atoms with van der Waals surface area (Å²) in [6.07, 6.45) is 8.66. The van der Waals surface area contributed by atoms with E-state index in [1.54, 1.807) is 30.5 Å². The van der Waals surface area contributed by atoms with E-state index in [4.69, 9.17) is 9.72 Å². The summed E-state index contributed by atoms with van der Waals surface area (Å²) >= 11 is 0. The van der Waals surface area contributed by atoms with Crippen LogP contribution in [0.1, 0.15) is 31.2 Å². The molecule has 2 fully saturated rings. The largest absolute Gasteiger partial charge is 0.490 e. The number of ether oxygens (including phenoxy) is 1. The first kappa shape index (κ1) is 40.9. The summed E-state index contributed by atoms with van der Waals surface area (Å²) in [5, 5.41) is 12.3. The molecule has 3 aromatic carbocycles. The van der Waals surface area contributed by atoms with Gasteiger partial charge in [0.1, 0.15) is 25.0 Å². The standard InChI is InChI=1S/C45H49N15O3/c61-40(13-14-41(62)52-34-8-4-10-36(27-34)54-43-48-31-50-45(56-43)59-22-20-57(21-23-59)29-32-6-5-17-46-28-32)51-33-7-3-9-35(26-33)53-42-47-30-49-44(55-42)58-18-15-37(16-19-58)60-24-25-63-39-12-2-1-11-38(39)60/h1-12,17,26-28,30-31,37H,13-16,18-25,29H2,(H,51,61)(H,52,62)(H,47,49,53,55)(H,48,50,54,56). The van der Waals surface area contributed by atoms with Crippen LogP contribution in [0.3, 0.4) is 0 Å². The Kier molecular flexibility index (Phi) is 12.7. The van der Waals surface area contributed by atoms with Crippen LogP contribution in [0.4, 0.5) is 52.2 Å². The molecule has 9 rings (SSSR count). The normalized spacial score (nSPS) is 15.5. The second-order valence-electron chi connectivity index (χ2n) is 15.6. The fraction of sp³-hybridized carbons (Fsp3) is 0.311. The molecule has 18 heteroatoms. The van der Waals surface area contributed by atoms with E-state index in [0.29, 0.717) is 59.2 Å². The van der Waals surface area contributed by atoms with Crippen LogP contribution in [0.15, 0.2) is 110 Å². The summed E-state index contributed by atoms with van der Waals surface area (Å²) in [5.74, 6) is 2.41. The molecule has 3 aliphatic rings. The number of rotatable bonds is 14. The van der Waals surface area contributed by atoms with Crippen LogP contribution in [0.25, 0.3) is 0 Å². The third-order valence-corrected chi connectivity index (χ3v) is 11.2. The summed E-state index contributed by atoms with van der Waals surface area (Å²) in [6, 6.07) is 27.3. The van der Waals surface area contributed by atoms with Gasteiger partial charge in [-0.1, -0.05) is 30.3 Å². The summed E-state index contributed by atoms with van der Waals surface area (Å²) < 4.78 is 5.87. The number of pyridine rings is 1. The smallest absolute Gasteiger partial charge is 0.231 e. The first-order valence-corrected chi connectivity index (χ1v) is 21.3. The van der Waals surface area contributed by atoms with E-state index in [9.17, 15) is 9.59 Å². The molecule has 4 N–H and O–H groups in total. The van der Waals surface area contributed by atoms with Crippen molar-refractivity contribution in [2.45, 2.75) is 38.3 Å². The van der Waals surface area contributed by atoms with Gasteiger partial charge in [0, 0.05) is 99.8 Å². The van der Waals surface area contributed by atoms with Crippen LogP contribution in [-0.4, -0.2) is 110 Å². The number of para-hydroxylation sites is 2. The predicted octanol–water partition coefficient (Wildman–Crippen LogP) is 5.49. The zero-order valence-corrected chi connectivity index (χ0v) is 34.8. The van der Waals surface area contributed by atoms with Crippen molar-refractivity contribution in [2.24, 2.45) is 0 Å². The summed E-state index contributed by atoms with van der Waals surface area (Å²) in [4.78, 5) is 66.2. The molecule has 18 nitrogen and oxygen atoms in total. The quantitative estimate of drug-likeness (QED) is 0.107. The highest BCUT2D eigenvalue weighted by molar-refractivity contribution is 5.97. The number of aromatic nitrogens is 7. The molecule has 3 aliphatic heterocycles. The number of nitrogens with one attached hydrogen (secondary N) is 4. The molecule has 0 radical (unpaired) electrons. The lowest BCUT2D eigenvalue weighted by atomic mass is 10.0. The van der Waals surface area contributed by atoms with Crippen LogP contribution in [0.5, 0.6) is 5.75 Å². The van der Waals surface area contributed by atoms with Gasteiger partial charge >= 0.3 is 0 Å². The maximum Gasteiger partial charge on any atom is 0.231 e. The van der Waals surface area contributed by atoms with Gasteiger partial charge in [-0.25, -0.2) is 19.9 Å². The number of hydrogen-bond acceptors (Lipinski definition) is 16. The number of fused-ring (bicyclic) bond motifs is 1. The number of benzene rings is 3. The van der Waals surface area contributed by atoms with Gasteiger partial charge in [0.05, 0.1) is 12.2 Å². The van der Waals surface area contributed by atoms with E-state index in [0.717, 1.165) is 76.6 Å². The average Bonchev–Trinajstić information content (AvgIpc) is 3.32. The maximum atomic E-state index is 12.9. The Bertz CT molecular complexity index is 2500. The number of piperidine rings is 1. The van der Waals surface area contributed by atoms with Gasteiger partial charge < -0.3 is 40.7 Å². The number of piperazine rings is 1. The van der Waals surface area contributed by atoms with Crippen molar-refractivity contribution in [3.8, 4) is 5.75 Å². The lowest BCUT2D eigenvalue weighted by Gasteiger charge is -2.42. The third-order valence-electron chi connectivity index (χ3n) is 11.2. The van der Waals surface area contributed by atoms with Gasteiger partial charge in [0.15, 0.2) is 0 Å². The summed E-state index contributed by atoms with van der Waals surface area (Å²) in [5.41, 5.74) is 4.91. The second kappa shape index (κ2) is 19.5. The first-order chi connectivity index (χ1) is 31.0. The molecule has 6 heterocycles. The summed E-state index contributed by atoms with van der Waals surface area (Å²) in [6.45, 7) is 7.44. The van der Waals surface area contributed by atoms with Crippen molar-refractivity contribution in [1.82, 2.24) is 39.8 Å². The van der Waals surface area contributed by atoms with Crippen LogP contribution in [0, 0.1) is 0 Å². The van der Waals surface area contributed by atoms with E-state index in [1.165, 1.54) is 18.2 Å². The molecule has 322 valence electrons. The SMILES string of the molecule is O=C(CCC(=O)Nc1cccc(Nc2ncnc(N3CCN(Cc4cccnc4)CC3)n2)c1)Nc1cccc(Nc2ncnc(N3CCC(N4CCOc5ccccc54)CC3)n2)c1. The molecule has 0 spiro atoms. The number of nitrogens with zero attached hydrogens (tertiary/aromatic N) is 11. The number of hydrogen-bond donors (Lipinski definition) is 4. The minimum Gasteiger partial charge on any atom is -0.490 e. The van der Waals surface area contributed by atoms with Gasteiger partial charge in [-0.15, -0.1) is 0 Å². The van der Waals surface area contributed by atoms with E-state index >= 15 is 0 Å². The topological polar surface area (TPSA) is 195 Å². The highest BCUT2D eigenvalue weighted by Crippen LogP contribution is 2.35. The van der Waals surface area contributed by atoms with E-state index in [-0.39, 0.29) is 24.7 Å². The highest BCUT2D eigenvalue weighted by Gasteiger charge is 2.29. The van der Waals surface area contributed by atoms with Crippen molar-refractivity contribution in [1.29, 1.82) is 0 Å². The number of carbonyl (C=O) groups excluding carboxylic acids is 2. The lowest BCUT2D eigenvalue weighted by molar-refractivity contribution is -0.121. The molecule has 2 saturated heterocycles. The molecule has 0 bridgehead atoms. The van der Waals surface area contributed by atoms with Crippen molar-refractivity contribution in [3.05, 3.63) is 116 Å². The summed E-state index contributed by atoms with van der Waals surface area (Å²) in [7, 11) is 0. The molecule has 0 unspecified atom stereocenters. The fourth-order valence-corrected chi connectivity index (χ4v) is 8.09. The molecule has 3 aromatic heterocycles. The van der Waals surface area contributed by atoms with E-state index in [2.05, 4.69) is 89.0 Å². The van der Waals surface area contributed by atoms with Crippen molar-refractivity contribution in [3.63, 3.8) is 0 Å². The number of amides is 2. The van der Waals surface area contributed by atoms with Gasteiger partial charge in [-0.2, -0.15) is 9.97 Å². The van der Waals surface area contributed by atoms with Crippen LogP contribution in [-0.2, 0) is 16.1 Å². The molecule has 0 saturated carbocycles. The monoisotopic (exact) mass is 847 g/mol. The van der Waals surface area contributed by atoms with E-state index in [1.807, 2.05) is 48.7 Å². The number of carbonyl (C=O) groups is 2.